The summed E-state index contributed by atoms with van der Waals surface area (Å²) in [5.74, 6) is -0.881. The number of hydrogen-bond donors (Lipinski definition) is 1. The van der Waals surface area contributed by atoms with Crippen LogP contribution in [-0.2, 0) is 11.3 Å². The van der Waals surface area contributed by atoms with E-state index in [0.29, 0.717) is 10.0 Å². The Bertz CT molecular complexity index is 1140. The van der Waals surface area contributed by atoms with Gasteiger partial charge in [0.2, 0.25) is 0 Å². The fourth-order valence-electron chi connectivity index (χ4n) is 3.32. The van der Waals surface area contributed by atoms with E-state index in [0.717, 1.165) is 37.8 Å². The molecule has 126 valence electrons. The van der Waals surface area contributed by atoms with Gasteiger partial charge in [0.05, 0.1) is 5.52 Å². The van der Waals surface area contributed by atoms with Gasteiger partial charge in [0, 0.05) is 42.3 Å². The van der Waals surface area contributed by atoms with E-state index in [1.165, 1.54) is 0 Å². The number of fused-ring (bicyclic) bond motifs is 2. The highest BCUT2D eigenvalue weighted by Crippen LogP contribution is 2.42. The van der Waals surface area contributed by atoms with Gasteiger partial charge in [-0.05, 0) is 36.6 Å². The van der Waals surface area contributed by atoms with E-state index in [-0.39, 0.29) is 6.54 Å². The van der Waals surface area contributed by atoms with Gasteiger partial charge in [-0.1, -0.05) is 35.3 Å². The van der Waals surface area contributed by atoms with Gasteiger partial charge in [0.25, 0.3) is 0 Å². The van der Waals surface area contributed by atoms with Crippen molar-refractivity contribution in [3.8, 4) is 11.1 Å². The van der Waals surface area contributed by atoms with Crippen molar-refractivity contribution < 1.29 is 9.90 Å². The van der Waals surface area contributed by atoms with Crippen LogP contribution in [0, 0.1) is 6.92 Å². The average molecular weight is 390 g/mol. The van der Waals surface area contributed by atoms with Crippen LogP contribution in [0.1, 0.15) is 5.69 Å². The number of benzene rings is 2. The first-order chi connectivity index (χ1) is 12.0. The van der Waals surface area contributed by atoms with Gasteiger partial charge in [-0.2, -0.15) is 0 Å². The molecule has 2 aromatic heterocycles. The van der Waals surface area contributed by atoms with Crippen LogP contribution in [-0.4, -0.2) is 15.6 Å². The summed E-state index contributed by atoms with van der Waals surface area (Å²) >= 11 is 13.9. The van der Waals surface area contributed by atoms with Crippen LogP contribution < -0.4 is 0 Å². The third-order valence-electron chi connectivity index (χ3n) is 4.39. The van der Waals surface area contributed by atoms with Crippen molar-refractivity contribution in [1.29, 1.82) is 0 Å². The van der Waals surface area contributed by atoms with E-state index in [4.69, 9.17) is 23.2 Å². The Morgan fingerprint density at radius 2 is 1.80 bits per heavy atom. The lowest BCUT2D eigenvalue weighted by atomic mass is 10.0. The third kappa shape index (κ3) is 2.71. The number of rotatable bonds is 3. The van der Waals surface area contributed by atoms with Gasteiger partial charge >= 0.3 is 5.97 Å². The number of hydrogen-bond acceptors (Lipinski definition) is 2. The number of aromatic nitrogens is 1. The van der Waals surface area contributed by atoms with Crippen LogP contribution in [0.4, 0.5) is 0 Å². The Balaban J connectivity index is 2.07. The maximum atomic E-state index is 11.3. The Morgan fingerprint density at radius 3 is 2.52 bits per heavy atom. The van der Waals surface area contributed by atoms with Gasteiger partial charge in [-0.15, -0.1) is 11.3 Å². The normalized spacial score (nSPS) is 11.5. The van der Waals surface area contributed by atoms with E-state index >= 15 is 0 Å². The Labute approximate surface area is 158 Å². The highest BCUT2D eigenvalue weighted by atomic mass is 35.5. The number of thiophene rings is 1. The van der Waals surface area contributed by atoms with Gasteiger partial charge in [0.15, 0.2) is 0 Å². The molecule has 4 aromatic rings. The minimum absolute atomic E-state index is 0.101. The molecule has 0 bridgehead atoms. The fraction of sp³-hybridized carbons (Fsp3) is 0.105. The lowest BCUT2D eigenvalue weighted by Gasteiger charge is -2.05. The van der Waals surface area contributed by atoms with Crippen molar-refractivity contribution in [2.75, 3.05) is 0 Å². The first kappa shape index (κ1) is 16.5. The number of nitrogens with zero attached hydrogens (tertiary/aromatic N) is 1. The minimum Gasteiger partial charge on any atom is -0.480 e. The molecule has 1 N–H and O–H groups in total. The first-order valence-corrected chi connectivity index (χ1v) is 9.26. The predicted molar refractivity (Wildman–Crippen MR) is 105 cm³/mol. The molecule has 0 atom stereocenters. The van der Waals surface area contributed by atoms with Crippen molar-refractivity contribution in [3.05, 3.63) is 57.5 Å². The van der Waals surface area contributed by atoms with E-state index < -0.39 is 5.97 Å². The molecule has 0 saturated heterocycles. The molecule has 0 aliphatic carbocycles. The molecule has 0 spiro atoms. The first-order valence-electron chi connectivity index (χ1n) is 7.63. The fourth-order valence-corrected chi connectivity index (χ4v) is 4.72. The monoisotopic (exact) mass is 389 g/mol. The Morgan fingerprint density at radius 1 is 1.12 bits per heavy atom. The second-order valence-corrected chi connectivity index (χ2v) is 7.68. The molecule has 4 rings (SSSR count). The van der Waals surface area contributed by atoms with Gasteiger partial charge in [-0.25, -0.2) is 0 Å². The average Bonchev–Trinajstić information content (AvgIpc) is 3.06. The smallest absolute Gasteiger partial charge is 0.323 e. The third-order valence-corrected chi connectivity index (χ3v) is 5.80. The molecule has 0 aliphatic heterocycles. The number of aliphatic carboxylic acids is 1. The molecular weight excluding hydrogens is 377 g/mol. The highest BCUT2D eigenvalue weighted by Gasteiger charge is 2.19. The Kier molecular flexibility index (Phi) is 3.99. The van der Waals surface area contributed by atoms with Crippen molar-refractivity contribution in [1.82, 2.24) is 4.57 Å². The molecule has 2 heterocycles. The van der Waals surface area contributed by atoms with Crippen LogP contribution in [0.3, 0.4) is 0 Å². The van der Waals surface area contributed by atoms with Crippen molar-refractivity contribution in [2.45, 2.75) is 13.5 Å². The molecule has 0 aliphatic rings. The second-order valence-electron chi connectivity index (χ2n) is 5.89. The summed E-state index contributed by atoms with van der Waals surface area (Å²) in [6.07, 6.45) is 0. The van der Waals surface area contributed by atoms with Crippen molar-refractivity contribution >= 4 is 61.5 Å². The lowest BCUT2D eigenvalue weighted by molar-refractivity contribution is -0.137. The number of carbonyl (C=O) groups is 1. The summed E-state index contributed by atoms with van der Waals surface area (Å²) in [6, 6.07) is 11.5. The van der Waals surface area contributed by atoms with Crippen molar-refractivity contribution in [2.24, 2.45) is 0 Å². The molecule has 0 saturated carbocycles. The molecule has 2 aromatic carbocycles. The van der Waals surface area contributed by atoms with Crippen LogP contribution in [0.2, 0.25) is 10.0 Å². The van der Waals surface area contributed by atoms with E-state index in [2.05, 4.69) is 5.38 Å². The zero-order valence-corrected chi connectivity index (χ0v) is 15.5. The SMILES string of the molecule is Cc1c(-c2csc3cc(Cl)ccc23)c2ccc(Cl)cc2n1CC(=O)O. The molecule has 0 unspecified atom stereocenters. The molecule has 0 amide bonds. The lowest BCUT2D eigenvalue weighted by Crippen LogP contribution is -2.09. The summed E-state index contributed by atoms with van der Waals surface area (Å²) < 4.78 is 2.91. The molecular formula is C19H13Cl2NO2S. The molecule has 25 heavy (non-hydrogen) atoms. The predicted octanol–water partition coefficient (Wildman–Crippen LogP) is 6.22. The topological polar surface area (TPSA) is 42.2 Å². The number of halogens is 2. The van der Waals surface area contributed by atoms with Crippen molar-refractivity contribution in [3.63, 3.8) is 0 Å². The van der Waals surface area contributed by atoms with Crippen LogP contribution in [0.5, 0.6) is 0 Å². The standard InChI is InChI=1S/C19H13Cl2NO2S/c1-10-19(15-9-25-17-7-12(21)2-4-13(15)17)14-5-3-11(20)6-16(14)22(10)8-18(23)24/h2-7,9H,8H2,1H3,(H,23,24). The van der Waals surface area contributed by atoms with Crippen LogP contribution >= 0.6 is 34.5 Å². The summed E-state index contributed by atoms with van der Waals surface area (Å²) in [6.45, 7) is 1.85. The zero-order chi connectivity index (χ0) is 17.7. The molecule has 3 nitrogen and oxygen atoms in total. The summed E-state index contributed by atoms with van der Waals surface area (Å²) in [4.78, 5) is 11.3. The van der Waals surface area contributed by atoms with E-state index in [1.54, 1.807) is 15.9 Å². The van der Waals surface area contributed by atoms with Crippen LogP contribution in [0.25, 0.3) is 32.1 Å². The minimum atomic E-state index is -0.881. The maximum absolute atomic E-state index is 11.3. The molecule has 0 fully saturated rings. The summed E-state index contributed by atoms with van der Waals surface area (Å²) in [5, 5.41) is 14.8. The van der Waals surface area contributed by atoms with Gasteiger partial charge in [0.1, 0.15) is 6.54 Å². The number of carboxylic acids is 1. The summed E-state index contributed by atoms with van der Waals surface area (Å²) in [5.41, 5.74) is 3.87. The zero-order valence-electron chi connectivity index (χ0n) is 13.2. The van der Waals surface area contributed by atoms with E-state index in [1.807, 2.05) is 43.3 Å². The second kappa shape index (κ2) is 6.06. The summed E-state index contributed by atoms with van der Waals surface area (Å²) in [7, 11) is 0. The largest absolute Gasteiger partial charge is 0.480 e. The maximum Gasteiger partial charge on any atom is 0.323 e. The Hall–Kier alpha value is -2.01. The van der Waals surface area contributed by atoms with Gasteiger partial charge < -0.3 is 9.67 Å². The van der Waals surface area contributed by atoms with Crippen LogP contribution in [0.15, 0.2) is 41.8 Å². The molecule has 0 radical (unpaired) electrons. The number of carboxylic acid groups (broad SMARTS) is 1. The highest BCUT2D eigenvalue weighted by molar-refractivity contribution is 7.17. The quantitative estimate of drug-likeness (QED) is 0.451. The molecule has 6 heteroatoms. The van der Waals surface area contributed by atoms with E-state index in [9.17, 15) is 9.90 Å². The van der Waals surface area contributed by atoms with Gasteiger partial charge in [-0.3, -0.25) is 4.79 Å².